The molecule has 1 saturated carbocycles. The molecule has 1 atom stereocenters. The molecule has 0 spiro atoms. The van der Waals surface area contributed by atoms with Crippen LogP contribution in [0.4, 0.5) is 8.78 Å². The third kappa shape index (κ3) is 4.96. The SMILES string of the molecule is O=C(NC1CC1)c1cccc(OC[C@@H]2CCCN(C(=O)c3ccc(F)cc3F)C2)c1. The number of carbonyl (C=O) groups excluding carboxylic acids is 2. The fourth-order valence-electron chi connectivity index (χ4n) is 3.66. The molecule has 5 nitrogen and oxygen atoms in total. The Morgan fingerprint density at radius 1 is 1.10 bits per heavy atom. The number of carbonyl (C=O) groups is 2. The molecule has 4 rings (SSSR count). The smallest absolute Gasteiger partial charge is 0.256 e. The summed E-state index contributed by atoms with van der Waals surface area (Å²) in [6.45, 7) is 1.36. The second kappa shape index (κ2) is 8.81. The summed E-state index contributed by atoms with van der Waals surface area (Å²) in [5, 5.41) is 2.95. The average molecular weight is 414 g/mol. The zero-order valence-electron chi connectivity index (χ0n) is 16.6. The van der Waals surface area contributed by atoms with Crippen molar-refractivity contribution in [1.82, 2.24) is 10.2 Å². The van der Waals surface area contributed by atoms with Gasteiger partial charge in [-0.2, -0.15) is 0 Å². The molecule has 1 N–H and O–H groups in total. The van der Waals surface area contributed by atoms with E-state index in [9.17, 15) is 18.4 Å². The molecule has 0 aromatic heterocycles. The van der Waals surface area contributed by atoms with Crippen molar-refractivity contribution >= 4 is 11.8 Å². The van der Waals surface area contributed by atoms with Gasteiger partial charge in [0.15, 0.2) is 0 Å². The van der Waals surface area contributed by atoms with Crippen LogP contribution in [0.25, 0.3) is 0 Å². The van der Waals surface area contributed by atoms with Crippen molar-refractivity contribution < 1.29 is 23.1 Å². The number of hydrogen-bond acceptors (Lipinski definition) is 3. The van der Waals surface area contributed by atoms with Crippen molar-refractivity contribution in [1.29, 1.82) is 0 Å². The molecule has 1 aliphatic heterocycles. The van der Waals surface area contributed by atoms with Crippen molar-refractivity contribution in [2.24, 2.45) is 5.92 Å². The second-order valence-corrected chi connectivity index (χ2v) is 7.97. The molecule has 30 heavy (non-hydrogen) atoms. The molecule has 158 valence electrons. The van der Waals surface area contributed by atoms with Crippen LogP contribution in [-0.4, -0.2) is 42.5 Å². The number of nitrogens with zero attached hydrogens (tertiary/aromatic N) is 1. The van der Waals surface area contributed by atoms with Gasteiger partial charge in [-0.3, -0.25) is 9.59 Å². The summed E-state index contributed by atoms with van der Waals surface area (Å²) in [7, 11) is 0. The van der Waals surface area contributed by atoms with Crippen molar-refractivity contribution in [3.8, 4) is 5.75 Å². The molecule has 1 heterocycles. The zero-order chi connectivity index (χ0) is 21.1. The summed E-state index contributed by atoms with van der Waals surface area (Å²) < 4.78 is 33.0. The Bertz CT molecular complexity index is 946. The highest BCUT2D eigenvalue weighted by atomic mass is 19.1. The van der Waals surface area contributed by atoms with Crippen molar-refractivity contribution in [2.75, 3.05) is 19.7 Å². The lowest BCUT2D eigenvalue weighted by atomic mass is 9.98. The average Bonchev–Trinajstić information content (AvgIpc) is 3.56. The number of hydrogen-bond donors (Lipinski definition) is 1. The molecule has 1 saturated heterocycles. The van der Waals surface area contributed by atoms with Gasteiger partial charge in [0.25, 0.3) is 11.8 Å². The van der Waals surface area contributed by atoms with Gasteiger partial charge in [0.2, 0.25) is 0 Å². The Hall–Kier alpha value is -2.96. The lowest BCUT2D eigenvalue weighted by molar-refractivity contribution is 0.0628. The first-order chi connectivity index (χ1) is 14.5. The lowest BCUT2D eigenvalue weighted by Crippen LogP contribution is -2.41. The van der Waals surface area contributed by atoms with Crippen molar-refractivity contribution in [2.45, 2.75) is 31.7 Å². The Balaban J connectivity index is 1.34. The molecule has 2 aromatic rings. The predicted octanol–water partition coefficient (Wildman–Crippen LogP) is 3.79. The number of likely N-dealkylation sites (tertiary alicyclic amines) is 1. The van der Waals surface area contributed by atoms with E-state index in [1.54, 1.807) is 29.2 Å². The summed E-state index contributed by atoms with van der Waals surface area (Å²) in [5.74, 6) is -1.39. The van der Waals surface area contributed by atoms with Gasteiger partial charge in [0, 0.05) is 36.7 Å². The number of benzene rings is 2. The van der Waals surface area contributed by atoms with E-state index in [1.165, 1.54) is 6.07 Å². The standard InChI is InChI=1S/C23H24F2N2O3/c24-17-6-9-20(21(25)12-17)23(29)27-10-2-3-15(13-27)14-30-19-5-1-4-16(11-19)22(28)26-18-7-8-18/h1,4-6,9,11-12,15,18H,2-3,7-8,10,13-14H2,(H,26,28)/t15-/m1/s1. The third-order valence-corrected chi connectivity index (χ3v) is 5.46. The van der Waals surface area contributed by atoms with Crippen molar-refractivity contribution in [3.63, 3.8) is 0 Å². The number of nitrogens with one attached hydrogen (secondary N) is 1. The molecule has 7 heteroatoms. The Labute approximate surface area is 174 Å². The maximum absolute atomic E-state index is 14.0. The fourth-order valence-corrected chi connectivity index (χ4v) is 3.66. The number of amides is 2. The predicted molar refractivity (Wildman–Crippen MR) is 107 cm³/mol. The Morgan fingerprint density at radius 2 is 1.93 bits per heavy atom. The molecule has 2 amide bonds. The minimum absolute atomic E-state index is 0.0927. The van der Waals surface area contributed by atoms with Gasteiger partial charge in [0.1, 0.15) is 17.4 Å². The normalized spacial score (nSPS) is 18.7. The monoisotopic (exact) mass is 414 g/mol. The highest BCUT2D eigenvalue weighted by molar-refractivity contribution is 5.95. The summed E-state index contributed by atoms with van der Waals surface area (Å²) in [4.78, 5) is 26.4. The minimum atomic E-state index is -0.848. The largest absolute Gasteiger partial charge is 0.493 e. The van der Waals surface area contributed by atoms with Gasteiger partial charge < -0.3 is 15.0 Å². The van der Waals surface area contributed by atoms with Crippen LogP contribution >= 0.6 is 0 Å². The third-order valence-electron chi connectivity index (χ3n) is 5.46. The number of piperidine rings is 1. The molecule has 1 aliphatic carbocycles. The molecule has 2 fully saturated rings. The van der Waals surface area contributed by atoms with E-state index in [4.69, 9.17) is 4.74 Å². The van der Waals surface area contributed by atoms with Crippen LogP contribution in [0.3, 0.4) is 0 Å². The quantitative estimate of drug-likeness (QED) is 0.783. The van der Waals surface area contributed by atoms with Gasteiger partial charge in [-0.25, -0.2) is 8.78 Å². The highest BCUT2D eigenvalue weighted by Crippen LogP contribution is 2.23. The maximum atomic E-state index is 14.0. The first kappa shape index (κ1) is 20.3. The van der Waals surface area contributed by atoms with Crippen LogP contribution in [0.1, 0.15) is 46.4 Å². The van der Waals surface area contributed by atoms with Gasteiger partial charge in [0.05, 0.1) is 12.2 Å². The van der Waals surface area contributed by atoms with E-state index in [-0.39, 0.29) is 17.4 Å². The van der Waals surface area contributed by atoms with E-state index in [0.717, 1.165) is 37.8 Å². The summed E-state index contributed by atoms with van der Waals surface area (Å²) in [6, 6.07) is 10.3. The summed E-state index contributed by atoms with van der Waals surface area (Å²) in [5.41, 5.74) is 0.443. The molecule has 2 aromatic carbocycles. The number of rotatable bonds is 6. The summed E-state index contributed by atoms with van der Waals surface area (Å²) >= 11 is 0. The van der Waals surface area contributed by atoms with E-state index in [0.29, 0.717) is 37.1 Å². The van der Waals surface area contributed by atoms with Crippen LogP contribution in [0.2, 0.25) is 0 Å². The highest BCUT2D eigenvalue weighted by Gasteiger charge is 2.27. The van der Waals surface area contributed by atoms with E-state index in [2.05, 4.69) is 5.32 Å². The van der Waals surface area contributed by atoms with E-state index in [1.807, 2.05) is 0 Å². The Morgan fingerprint density at radius 3 is 2.70 bits per heavy atom. The molecular weight excluding hydrogens is 390 g/mol. The van der Waals surface area contributed by atoms with Crippen LogP contribution in [0, 0.1) is 17.6 Å². The van der Waals surface area contributed by atoms with Crippen LogP contribution in [-0.2, 0) is 0 Å². The number of ether oxygens (including phenoxy) is 1. The maximum Gasteiger partial charge on any atom is 0.256 e. The minimum Gasteiger partial charge on any atom is -0.493 e. The van der Waals surface area contributed by atoms with Crippen molar-refractivity contribution in [3.05, 3.63) is 65.2 Å². The van der Waals surface area contributed by atoms with Crippen LogP contribution in [0.5, 0.6) is 5.75 Å². The second-order valence-electron chi connectivity index (χ2n) is 7.97. The van der Waals surface area contributed by atoms with E-state index >= 15 is 0 Å². The molecule has 0 radical (unpaired) electrons. The van der Waals surface area contributed by atoms with Gasteiger partial charge >= 0.3 is 0 Å². The topological polar surface area (TPSA) is 58.6 Å². The molecule has 2 aliphatic rings. The molecular formula is C23H24F2N2O3. The Kier molecular flexibility index (Phi) is 5.97. The first-order valence-corrected chi connectivity index (χ1v) is 10.3. The molecule has 0 bridgehead atoms. The fraction of sp³-hybridized carbons (Fsp3) is 0.391. The van der Waals surface area contributed by atoms with Gasteiger partial charge in [-0.15, -0.1) is 0 Å². The zero-order valence-corrected chi connectivity index (χ0v) is 16.6. The number of halogens is 2. The molecule has 0 unspecified atom stereocenters. The van der Waals surface area contributed by atoms with Crippen LogP contribution in [0.15, 0.2) is 42.5 Å². The van der Waals surface area contributed by atoms with Gasteiger partial charge in [-0.1, -0.05) is 6.07 Å². The van der Waals surface area contributed by atoms with E-state index < -0.39 is 17.5 Å². The van der Waals surface area contributed by atoms with Crippen LogP contribution < -0.4 is 10.1 Å². The first-order valence-electron chi connectivity index (χ1n) is 10.3. The lowest BCUT2D eigenvalue weighted by Gasteiger charge is -2.32. The summed E-state index contributed by atoms with van der Waals surface area (Å²) in [6.07, 6.45) is 3.73. The van der Waals surface area contributed by atoms with Gasteiger partial charge in [-0.05, 0) is 56.0 Å².